The van der Waals surface area contributed by atoms with E-state index in [2.05, 4.69) is 5.32 Å². The quantitative estimate of drug-likeness (QED) is 0.346. The van der Waals surface area contributed by atoms with E-state index < -0.39 is 29.4 Å². The molecule has 2 aromatic carbocycles. The van der Waals surface area contributed by atoms with E-state index in [0.717, 1.165) is 25.9 Å². The SMILES string of the molecule is COc1ccc(OC)c(C(C)NC(=O)COC(=O)c2ccc(N3CCCC3)c([N+](=O)[O-])c2)c1. The Bertz CT molecular complexity index is 1030. The largest absolute Gasteiger partial charge is 0.497 e. The zero-order valence-corrected chi connectivity index (χ0v) is 18.8. The van der Waals surface area contributed by atoms with E-state index in [9.17, 15) is 19.7 Å². The van der Waals surface area contributed by atoms with Crippen LogP contribution in [-0.2, 0) is 9.53 Å². The lowest BCUT2D eigenvalue weighted by atomic mass is 10.1. The van der Waals surface area contributed by atoms with Crippen molar-refractivity contribution in [3.8, 4) is 11.5 Å². The van der Waals surface area contributed by atoms with Crippen molar-refractivity contribution in [3.63, 3.8) is 0 Å². The lowest BCUT2D eigenvalue weighted by molar-refractivity contribution is -0.384. The number of carbonyl (C=O) groups is 2. The van der Waals surface area contributed by atoms with Crippen molar-refractivity contribution in [2.75, 3.05) is 38.8 Å². The molecule has 0 aliphatic carbocycles. The Morgan fingerprint density at radius 1 is 1.12 bits per heavy atom. The summed E-state index contributed by atoms with van der Waals surface area (Å²) in [5, 5.41) is 14.3. The van der Waals surface area contributed by atoms with Crippen LogP contribution in [0.25, 0.3) is 0 Å². The van der Waals surface area contributed by atoms with Crippen LogP contribution in [0.1, 0.15) is 41.7 Å². The molecule has 2 aromatic rings. The number of nitro groups is 1. The number of ether oxygens (including phenoxy) is 3. The van der Waals surface area contributed by atoms with Crippen LogP contribution in [0.4, 0.5) is 11.4 Å². The number of esters is 1. The van der Waals surface area contributed by atoms with E-state index in [1.807, 2.05) is 4.90 Å². The van der Waals surface area contributed by atoms with E-state index in [-0.39, 0.29) is 11.3 Å². The highest BCUT2D eigenvalue weighted by Crippen LogP contribution is 2.32. The van der Waals surface area contributed by atoms with Gasteiger partial charge in [0.25, 0.3) is 11.6 Å². The molecule has 1 aliphatic rings. The molecule has 1 N–H and O–H groups in total. The number of methoxy groups -OCH3 is 2. The molecule has 10 heteroatoms. The zero-order chi connectivity index (χ0) is 24.0. The normalized spacial score (nSPS) is 13.8. The maximum atomic E-state index is 12.4. The summed E-state index contributed by atoms with van der Waals surface area (Å²) < 4.78 is 15.6. The Morgan fingerprint density at radius 2 is 1.85 bits per heavy atom. The van der Waals surface area contributed by atoms with Gasteiger partial charge >= 0.3 is 5.97 Å². The Kier molecular flexibility index (Phi) is 7.70. The average molecular weight is 457 g/mol. The minimum absolute atomic E-state index is 0.0139. The molecule has 3 rings (SSSR count). The van der Waals surface area contributed by atoms with Gasteiger partial charge in [0.05, 0.1) is 30.7 Å². The number of amides is 1. The minimum Gasteiger partial charge on any atom is -0.497 e. The van der Waals surface area contributed by atoms with Crippen molar-refractivity contribution in [2.24, 2.45) is 0 Å². The van der Waals surface area contributed by atoms with Crippen LogP contribution < -0.4 is 19.7 Å². The first-order valence-corrected chi connectivity index (χ1v) is 10.6. The molecule has 0 bridgehead atoms. The summed E-state index contributed by atoms with van der Waals surface area (Å²) in [5.41, 5.74) is 1.03. The molecule has 33 heavy (non-hydrogen) atoms. The first-order chi connectivity index (χ1) is 15.8. The standard InChI is InChI=1S/C23H27N3O7/c1-15(18-13-17(31-2)7-9-21(18)32-3)24-22(27)14-33-23(28)16-6-8-19(20(12-16)26(29)30)25-10-4-5-11-25/h6-9,12-13,15H,4-5,10-11,14H2,1-3H3,(H,24,27). The van der Waals surface area contributed by atoms with Crippen LogP contribution in [0, 0.1) is 10.1 Å². The number of nitrogens with zero attached hydrogens (tertiary/aromatic N) is 2. The second-order valence-corrected chi connectivity index (χ2v) is 7.63. The van der Waals surface area contributed by atoms with Gasteiger partial charge in [0.2, 0.25) is 0 Å². The van der Waals surface area contributed by atoms with E-state index in [4.69, 9.17) is 14.2 Å². The smallest absolute Gasteiger partial charge is 0.338 e. The molecule has 1 unspecified atom stereocenters. The second kappa shape index (κ2) is 10.7. The van der Waals surface area contributed by atoms with Crippen molar-refractivity contribution in [1.29, 1.82) is 0 Å². The van der Waals surface area contributed by atoms with Gasteiger partial charge in [-0.3, -0.25) is 14.9 Å². The number of nitrogens with one attached hydrogen (secondary N) is 1. The Hall–Kier alpha value is -3.82. The van der Waals surface area contributed by atoms with Gasteiger partial charge < -0.3 is 24.4 Å². The molecule has 0 spiro atoms. The van der Waals surface area contributed by atoms with Crippen LogP contribution in [0.2, 0.25) is 0 Å². The van der Waals surface area contributed by atoms with Gasteiger partial charge in [0.1, 0.15) is 17.2 Å². The summed E-state index contributed by atoms with van der Waals surface area (Å²) in [6, 6.07) is 9.00. The maximum Gasteiger partial charge on any atom is 0.338 e. The van der Waals surface area contributed by atoms with Gasteiger partial charge in [-0.15, -0.1) is 0 Å². The molecule has 1 aliphatic heterocycles. The molecule has 10 nitrogen and oxygen atoms in total. The number of benzene rings is 2. The third kappa shape index (κ3) is 5.71. The molecular weight excluding hydrogens is 430 g/mol. The first kappa shape index (κ1) is 23.8. The molecule has 0 aromatic heterocycles. The summed E-state index contributed by atoms with van der Waals surface area (Å²) in [5.74, 6) is -0.153. The van der Waals surface area contributed by atoms with Crippen LogP contribution >= 0.6 is 0 Å². The molecule has 0 radical (unpaired) electrons. The number of hydrogen-bond acceptors (Lipinski definition) is 8. The third-order valence-electron chi connectivity index (χ3n) is 5.47. The topological polar surface area (TPSA) is 120 Å². The van der Waals surface area contributed by atoms with E-state index in [0.29, 0.717) is 22.7 Å². The predicted molar refractivity (Wildman–Crippen MR) is 121 cm³/mol. The average Bonchev–Trinajstić information content (AvgIpc) is 3.36. The van der Waals surface area contributed by atoms with Crippen molar-refractivity contribution >= 4 is 23.3 Å². The molecule has 1 atom stereocenters. The van der Waals surface area contributed by atoms with Crippen molar-refractivity contribution in [1.82, 2.24) is 5.32 Å². The first-order valence-electron chi connectivity index (χ1n) is 10.6. The van der Waals surface area contributed by atoms with Crippen molar-refractivity contribution in [3.05, 3.63) is 57.6 Å². The van der Waals surface area contributed by atoms with Gasteiger partial charge in [0.15, 0.2) is 6.61 Å². The van der Waals surface area contributed by atoms with Gasteiger partial charge in [0, 0.05) is 24.7 Å². The highest BCUT2D eigenvalue weighted by Gasteiger charge is 2.24. The molecule has 1 saturated heterocycles. The Morgan fingerprint density at radius 3 is 2.48 bits per heavy atom. The van der Waals surface area contributed by atoms with Crippen molar-refractivity contribution in [2.45, 2.75) is 25.8 Å². The number of nitro benzene ring substituents is 1. The fourth-order valence-corrected chi connectivity index (χ4v) is 3.78. The lowest BCUT2D eigenvalue weighted by Crippen LogP contribution is -2.31. The molecule has 0 saturated carbocycles. The highest BCUT2D eigenvalue weighted by atomic mass is 16.6. The number of rotatable bonds is 9. The van der Waals surface area contributed by atoms with Crippen LogP contribution in [0.15, 0.2) is 36.4 Å². The second-order valence-electron chi connectivity index (χ2n) is 7.63. The van der Waals surface area contributed by atoms with Gasteiger partial charge in [-0.1, -0.05) is 0 Å². The highest BCUT2D eigenvalue weighted by molar-refractivity contribution is 5.93. The zero-order valence-electron chi connectivity index (χ0n) is 18.8. The Labute approximate surface area is 191 Å². The number of anilines is 1. The fraction of sp³-hybridized carbons (Fsp3) is 0.391. The molecular formula is C23H27N3O7. The van der Waals surface area contributed by atoms with Crippen LogP contribution in [0.3, 0.4) is 0 Å². The molecule has 1 fully saturated rings. The van der Waals surface area contributed by atoms with Gasteiger partial charge in [-0.05, 0) is 50.1 Å². The van der Waals surface area contributed by atoms with Crippen molar-refractivity contribution < 1.29 is 28.7 Å². The van der Waals surface area contributed by atoms with E-state index >= 15 is 0 Å². The van der Waals surface area contributed by atoms with Crippen LogP contribution in [0.5, 0.6) is 11.5 Å². The summed E-state index contributed by atoms with van der Waals surface area (Å²) in [7, 11) is 3.06. The van der Waals surface area contributed by atoms with Crippen LogP contribution in [-0.4, -0.2) is 50.7 Å². The molecule has 1 heterocycles. The van der Waals surface area contributed by atoms with Gasteiger partial charge in [-0.2, -0.15) is 0 Å². The predicted octanol–water partition coefficient (Wildman–Crippen LogP) is 3.25. The molecule has 1 amide bonds. The molecule has 176 valence electrons. The number of carbonyl (C=O) groups excluding carboxylic acids is 2. The minimum atomic E-state index is -0.812. The third-order valence-corrected chi connectivity index (χ3v) is 5.47. The lowest BCUT2D eigenvalue weighted by Gasteiger charge is -2.18. The van der Waals surface area contributed by atoms with Gasteiger partial charge in [-0.25, -0.2) is 4.79 Å². The Balaban J connectivity index is 1.63. The fourth-order valence-electron chi connectivity index (χ4n) is 3.78. The monoisotopic (exact) mass is 457 g/mol. The summed E-state index contributed by atoms with van der Waals surface area (Å²) in [6.07, 6.45) is 1.94. The number of hydrogen-bond donors (Lipinski definition) is 1. The van der Waals surface area contributed by atoms with E-state index in [1.165, 1.54) is 26.4 Å². The summed E-state index contributed by atoms with van der Waals surface area (Å²) >= 11 is 0. The summed E-state index contributed by atoms with van der Waals surface area (Å²) in [6.45, 7) is 2.71. The summed E-state index contributed by atoms with van der Waals surface area (Å²) in [4.78, 5) is 37.7. The van der Waals surface area contributed by atoms with E-state index in [1.54, 1.807) is 31.2 Å². The maximum absolute atomic E-state index is 12.4.